The lowest BCUT2D eigenvalue weighted by molar-refractivity contribution is -0.127. The summed E-state index contributed by atoms with van der Waals surface area (Å²) >= 11 is 6.70. The van der Waals surface area contributed by atoms with Gasteiger partial charge in [0.2, 0.25) is 0 Å². The Morgan fingerprint density at radius 2 is 2.17 bits per heavy atom. The zero-order chi connectivity index (χ0) is 16.7. The van der Waals surface area contributed by atoms with Gasteiger partial charge in [-0.2, -0.15) is 0 Å². The zero-order valence-electron chi connectivity index (χ0n) is 12.8. The fourth-order valence-electron chi connectivity index (χ4n) is 2.93. The van der Waals surface area contributed by atoms with Crippen molar-refractivity contribution in [3.8, 4) is 0 Å². The third kappa shape index (κ3) is 2.72. The van der Waals surface area contributed by atoms with Gasteiger partial charge in [0.05, 0.1) is 3.79 Å². The summed E-state index contributed by atoms with van der Waals surface area (Å²) in [5.41, 5.74) is 1.93. The van der Waals surface area contributed by atoms with E-state index in [1.165, 1.54) is 11.8 Å². The molecule has 0 unspecified atom stereocenters. The number of halogens is 1. The van der Waals surface area contributed by atoms with Crippen molar-refractivity contribution in [2.75, 3.05) is 11.1 Å². The third-order valence-corrected chi connectivity index (χ3v) is 6.33. The first-order chi connectivity index (χ1) is 11.7. The molecule has 2 aromatic rings. The van der Waals surface area contributed by atoms with Gasteiger partial charge in [0, 0.05) is 16.1 Å². The molecule has 2 N–H and O–H groups in total. The van der Waals surface area contributed by atoms with E-state index in [1.54, 1.807) is 11.3 Å². The third-order valence-electron chi connectivity index (χ3n) is 3.91. The number of hydrogen-bond donors (Lipinski definition) is 2. The molecular weight excluding hydrogens is 408 g/mol. The van der Waals surface area contributed by atoms with Crippen LogP contribution in [-0.2, 0) is 4.79 Å². The standard InChI is InChI=1S/C16H15BrN4OS2/c1-2-23-16-19-15(22)13-9-5-3-4-6-10(9)18-14(21(13)20-16)11-7-8-12(17)24-11/h3-8,13-14,18H,2H2,1H3,(H,19,20,22)/t13-,14-/m0/s1. The number of carbonyl (C=O) groups excluding carboxylic acids is 1. The van der Waals surface area contributed by atoms with Crippen LogP contribution in [0.25, 0.3) is 0 Å². The molecule has 1 aromatic heterocycles. The quantitative estimate of drug-likeness (QED) is 0.763. The van der Waals surface area contributed by atoms with Crippen molar-refractivity contribution < 1.29 is 4.79 Å². The van der Waals surface area contributed by atoms with Gasteiger partial charge in [-0.1, -0.05) is 36.9 Å². The highest BCUT2D eigenvalue weighted by molar-refractivity contribution is 9.11. The molecule has 0 aliphatic carbocycles. The lowest BCUT2D eigenvalue weighted by Gasteiger charge is -2.43. The van der Waals surface area contributed by atoms with Gasteiger partial charge in [0.1, 0.15) is 0 Å². The topological polar surface area (TPSA) is 56.7 Å². The van der Waals surface area contributed by atoms with Crippen molar-refractivity contribution in [3.63, 3.8) is 0 Å². The molecule has 24 heavy (non-hydrogen) atoms. The Labute approximate surface area is 156 Å². The number of thioether (sulfide) groups is 1. The number of fused-ring (bicyclic) bond motifs is 3. The molecule has 0 spiro atoms. The molecule has 1 aromatic carbocycles. The molecule has 5 nitrogen and oxygen atoms in total. The number of thiophene rings is 1. The Morgan fingerprint density at radius 3 is 2.92 bits per heavy atom. The van der Waals surface area contributed by atoms with E-state index in [1.807, 2.05) is 42.3 Å². The lowest BCUT2D eigenvalue weighted by atomic mass is 9.99. The molecule has 3 heterocycles. The van der Waals surface area contributed by atoms with Crippen LogP contribution in [0.3, 0.4) is 0 Å². The van der Waals surface area contributed by atoms with Crippen molar-refractivity contribution in [1.82, 2.24) is 10.3 Å². The zero-order valence-corrected chi connectivity index (χ0v) is 16.0. The van der Waals surface area contributed by atoms with E-state index < -0.39 is 6.04 Å². The van der Waals surface area contributed by atoms with Gasteiger partial charge >= 0.3 is 0 Å². The Balaban J connectivity index is 1.83. The van der Waals surface area contributed by atoms with Crippen LogP contribution in [0.5, 0.6) is 0 Å². The van der Waals surface area contributed by atoms with Crippen molar-refractivity contribution in [3.05, 3.63) is 50.6 Å². The van der Waals surface area contributed by atoms with Gasteiger partial charge < -0.3 is 10.6 Å². The summed E-state index contributed by atoms with van der Waals surface area (Å²) in [7, 11) is 0. The maximum Gasteiger partial charge on any atom is 0.255 e. The Hall–Kier alpha value is -1.51. The number of hydrogen-bond acceptors (Lipinski definition) is 6. The van der Waals surface area contributed by atoms with Crippen molar-refractivity contribution in [1.29, 1.82) is 0 Å². The number of para-hydroxylation sites is 1. The molecule has 2 aliphatic heterocycles. The predicted molar refractivity (Wildman–Crippen MR) is 103 cm³/mol. The highest BCUT2D eigenvalue weighted by Gasteiger charge is 2.42. The van der Waals surface area contributed by atoms with Crippen molar-refractivity contribution in [2.24, 2.45) is 5.10 Å². The number of amides is 1. The Kier molecular flexibility index (Phi) is 4.28. The summed E-state index contributed by atoms with van der Waals surface area (Å²) in [6.45, 7) is 2.04. The van der Waals surface area contributed by atoms with Gasteiger partial charge in [0.15, 0.2) is 17.4 Å². The second kappa shape index (κ2) is 6.42. The smallest absolute Gasteiger partial charge is 0.255 e. The molecule has 0 bridgehead atoms. The minimum Gasteiger partial charge on any atom is -0.359 e. The fourth-order valence-corrected chi connectivity index (χ4v) is 5.00. The highest BCUT2D eigenvalue weighted by atomic mass is 79.9. The van der Waals surface area contributed by atoms with Gasteiger partial charge in [-0.15, -0.1) is 16.4 Å². The number of nitrogens with zero attached hydrogens (tertiary/aromatic N) is 2. The monoisotopic (exact) mass is 422 g/mol. The fraction of sp³-hybridized carbons (Fsp3) is 0.250. The molecule has 8 heteroatoms. The van der Waals surface area contributed by atoms with E-state index >= 15 is 0 Å². The van der Waals surface area contributed by atoms with E-state index in [2.05, 4.69) is 32.6 Å². The molecule has 1 amide bonds. The molecule has 0 radical (unpaired) electrons. The maximum atomic E-state index is 12.8. The summed E-state index contributed by atoms with van der Waals surface area (Å²) in [6, 6.07) is 11.6. The molecule has 2 aliphatic rings. The van der Waals surface area contributed by atoms with Crippen LogP contribution in [0.15, 0.2) is 45.3 Å². The first-order valence-corrected chi connectivity index (χ1v) is 10.2. The van der Waals surface area contributed by atoms with Crippen LogP contribution in [0.2, 0.25) is 0 Å². The molecular formula is C16H15BrN4OS2. The number of nitrogens with one attached hydrogen (secondary N) is 2. The molecule has 4 rings (SSSR count). The van der Waals surface area contributed by atoms with Crippen LogP contribution >= 0.6 is 39.0 Å². The minimum absolute atomic E-state index is 0.0319. The molecule has 0 fully saturated rings. The average Bonchev–Trinajstić information content (AvgIpc) is 3.00. The Morgan fingerprint density at radius 1 is 1.33 bits per heavy atom. The number of amidine groups is 1. The van der Waals surface area contributed by atoms with Crippen LogP contribution < -0.4 is 10.6 Å². The normalized spacial score (nSPS) is 22.2. The lowest BCUT2D eigenvalue weighted by Crippen LogP contribution is -2.50. The van der Waals surface area contributed by atoms with E-state index in [9.17, 15) is 4.79 Å². The molecule has 0 saturated heterocycles. The molecule has 2 atom stereocenters. The van der Waals surface area contributed by atoms with E-state index in [0.717, 1.165) is 25.7 Å². The second-order valence-electron chi connectivity index (χ2n) is 5.39. The van der Waals surface area contributed by atoms with Crippen LogP contribution in [0.4, 0.5) is 5.69 Å². The summed E-state index contributed by atoms with van der Waals surface area (Å²) in [5.74, 6) is 0.826. The van der Waals surface area contributed by atoms with E-state index in [4.69, 9.17) is 5.10 Å². The molecule has 124 valence electrons. The minimum atomic E-state index is -0.422. The number of rotatable bonds is 2. The van der Waals surface area contributed by atoms with Crippen LogP contribution in [-0.4, -0.2) is 21.8 Å². The SMILES string of the molecule is CCSC1=NN2[C@@H](c3ccc(Br)s3)Nc3ccccc3[C@H]2C(=O)N1. The van der Waals surface area contributed by atoms with Gasteiger partial charge in [-0.05, 0) is 39.9 Å². The Bertz CT molecular complexity index is 822. The van der Waals surface area contributed by atoms with Gasteiger partial charge in [-0.3, -0.25) is 4.79 Å². The summed E-state index contributed by atoms with van der Waals surface area (Å²) < 4.78 is 1.06. The van der Waals surface area contributed by atoms with Crippen LogP contribution in [0.1, 0.15) is 29.6 Å². The first kappa shape index (κ1) is 16.0. The van der Waals surface area contributed by atoms with E-state index in [0.29, 0.717) is 5.17 Å². The first-order valence-electron chi connectivity index (χ1n) is 7.58. The number of hydrazone groups is 1. The van der Waals surface area contributed by atoms with E-state index in [-0.39, 0.29) is 12.1 Å². The second-order valence-corrected chi connectivity index (χ2v) is 9.13. The average molecular weight is 423 g/mol. The number of anilines is 1. The van der Waals surface area contributed by atoms with Gasteiger partial charge in [0.25, 0.3) is 5.91 Å². The van der Waals surface area contributed by atoms with Gasteiger partial charge in [-0.25, -0.2) is 5.01 Å². The summed E-state index contributed by atoms with van der Waals surface area (Å²) in [6.07, 6.45) is -0.167. The maximum absolute atomic E-state index is 12.8. The highest BCUT2D eigenvalue weighted by Crippen LogP contribution is 2.44. The largest absolute Gasteiger partial charge is 0.359 e. The summed E-state index contributed by atoms with van der Waals surface area (Å²) in [4.78, 5) is 13.9. The number of carbonyl (C=O) groups is 1. The number of benzene rings is 1. The summed E-state index contributed by atoms with van der Waals surface area (Å²) in [5, 5.41) is 13.7. The van der Waals surface area contributed by atoms with Crippen molar-refractivity contribution >= 4 is 55.8 Å². The predicted octanol–water partition coefficient (Wildman–Crippen LogP) is 4.13. The van der Waals surface area contributed by atoms with Crippen molar-refractivity contribution in [2.45, 2.75) is 19.1 Å². The molecule has 0 saturated carbocycles. The van der Waals surface area contributed by atoms with Crippen LogP contribution in [0, 0.1) is 0 Å².